The minimum atomic E-state index is -0.473. The average molecular weight is 310 g/mol. The van der Waals surface area contributed by atoms with Crippen LogP contribution in [-0.4, -0.2) is 54.8 Å². The summed E-state index contributed by atoms with van der Waals surface area (Å²) >= 11 is 5.86. The van der Waals surface area contributed by atoms with Gasteiger partial charge in [-0.3, -0.25) is 9.59 Å². The molecule has 0 spiro atoms. The highest BCUT2D eigenvalue weighted by Crippen LogP contribution is 2.21. The third kappa shape index (κ3) is 3.74. The van der Waals surface area contributed by atoms with E-state index in [1.807, 2.05) is 19.1 Å². The average Bonchev–Trinajstić information content (AvgIpc) is 2.53. The van der Waals surface area contributed by atoms with Crippen LogP contribution in [-0.2, 0) is 9.59 Å². The standard InChI is InChI=1S/C15H20ClN3O2/c1-11(12-3-5-13(16)6-4-12)18(2)14(20)15(21)19-9-7-17-8-10-19/h3-6,11,17H,7-10H2,1-2H3. The van der Waals surface area contributed by atoms with Crippen LogP contribution < -0.4 is 5.32 Å². The summed E-state index contributed by atoms with van der Waals surface area (Å²) in [6.07, 6.45) is 0. The van der Waals surface area contributed by atoms with Crippen molar-refractivity contribution in [3.05, 3.63) is 34.9 Å². The molecule has 1 saturated heterocycles. The van der Waals surface area contributed by atoms with Crippen LogP contribution in [0.4, 0.5) is 0 Å². The summed E-state index contributed by atoms with van der Waals surface area (Å²) < 4.78 is 0. The van der Waals surface area contributed by atoms with Gasteiger partial charge in [0.15, 0.2) is 0 Å². The third-order valence-electron chi connectivity index (χ3n) is 3.84. The van der Waals surface area contributed by atoms with Gasteiger partial charge in [0, 0.05) is 38.2 Å². The molecule has 1 aromatic rings. The molecule has 0 aliphatic carbocycles. The Kier molecular flexibility index (Phi) is 5.20. The van der Waals surface area contributed by atoms with Gasteiger partial charge in [-0.15, -0.1) is 0 Å². The highest BCUT2D eigenvalue weighted by Gasteiger charge is 2.28. The summed E-state index contributed by atoms with van der Waals surface area (Å²) in [7, 11) is 1.65. The van der Waals surface area contributed by atoms with Gasteiger partial charge >= 0.3 is 11.8 Å². The molecule has 0 saturated carbocycles. The molecule has 1 aliphatic rings. The number of carbonyl (C=O) groups is 2. The Labute approximate surface area is 129 Å². The van der Waals surface area contributed by atoms with Gasteiger partial charge in [-0.25, -0.2) is 0 Å². The Bertz CT molecular complexity index is 512. The molecule has 1 heterocycles. The fraction of sp³-hybridized carbons (Fsp3) is 0.467. The molecule has 2 amide bonds. The monoisotopic (exact) mass is 309 g/mol. The highest BCUT2D eigenvalue weighted by atomic mass is 35.5. The molecule has 1 aliphatic heterocycles. The van der Waals surface area contributed by atoms with Gasteiger partial charge in [-0.2, -0.15) is 0 Å². The lowest BCUT2D eigenvalue weighted by Crippen LogP contribution is -2.51. The smallest absolute Gasteiger partial charge is 0.312 e. The van der Waals surface area contributed by atoms with Crippen LogP contribution >= 0.6 is 11.6 Å². The first-order valence-electron chi connectivity index (χ1n) is 7.03. The molecule has 0 bridgehead atoms. The van der Waals surface area contributed by atoms with Gasteiger partial charge in [-0.1, -0.05) is 23.7 Å². The number of hydrogen-bond acceptors (Lipinski definition) is 3. The molecule has 6 heteroatoms. The third-order valence-corrected chi connectivity index (χ3v) is 4.09. The van der Waals surface area contributed by atoms with E-state index in [2.05, 4.69) is 5.32 Å². The number of piperazine rings is 1. The summed E-state index contributed by atoms with van der Waals surface area (Å²) in [5.74, 6) is -0.904. The largest absolute Gasteiger partial charge is 0.332 e. The molecule has 0 aromatic heterocycles. The molecule has 1 fully saturated rings. The van der Waals surface area contributed by atoms with Gasteiger partial charge in [0.1, 0.15) is 0 Å². The molecular weight excluding hydrogens is 290 g/mol. The number of benzene rings is 1. The van der Waals surface area contributed by atoms with Crippen LogP contribution in [0.5, 0.6) is 0 Å². The second-order valence-corrected chi connectivity index (χ2v) is 5.62. The van der Waals surface area contributed by atoms with E-state index in [0.29, 0.717) is 18.1 Å². The number of carbonyl (C=O) groups excluding carboxylic acids is 2. The summed E-state index contributed by atoms with van der Waals surface area (Å²) in [5, 5.41) is 3.81. The second kappa shape index (κ2) is 6.91. The van der Waals surface area contributed by atoms with E-state index in [1.165, 1.54) is 4.90 Å². The number of halogens is 1. The van der Waals surface area contributed by atoms with Crippen molar-refractivity contribution >= 4 is 23.4 Å². The number of nitrogens with zero attached hydrogens (tertiary/aromatic N) is 2. The number of likely N-dealkylation sites (N-methyl/N-ethyl adjacent to an activating group) is 1. The maximum absolute atomic E-state index is 12.3. The van der Waals surface area contributed by atoms with E-state index < -0.39 is 11.8 Å². The van der Waals surface area contributed by atoms with Crippen molar-refractivity contribution in [2.24, 2.45) is 0 Å². The molecule has 1 atom stereocenters. The molecule has 1 N–H and O–H groups in total. The summed E-state index contributed by atoms with van der Waals surface area (Å²) in [6.45, 7) is 4.51. The van der Waals surface area contributed by atoms with Gasteiger partial charge in [0.25, 0.3) is 0 Å². The lowest BCUT2D eigenvalue weighted by molar-refractivity contribution is -0.152. The van der Waals surface area contributed by atoms with Gasteiger partial charge in [0.05, 0.1) is 6.04 Å². The first-order valence-corrected chi connectivity index (χ1v) is 7.40. The molecule has 1 aromatic carbocycles. The Morgan fingerprint density at radius 3 is 2.38 bits per heavy atom. The Morgan fingerprint density at radius 2 is 1.81 bits per heavy atom. The lowest BCUT2D eigenvalue weighted by Gasteiger charge is -2.30. The van der Waals surface area contributed by atoms with Gasteiger partial charge < -0.3 is 15.1 Å². The van der Waals surface area contributed by atoms with Crippen LogP contribution in [0.2, 0.25) is 5.02 Å². The van der Waals surface area contributed by atoms with E-state index in [-0.39, 0.29) is 6.04 Å². The highest BCUT2D eigenvalue weighted by molar-refractivity contribution is 6.35. The second-order valence-electron chi connectivity index (χ2n) is 5.19. The summed E-state index contributed by atoms with van der Waals surface area (Å²) in [4.78, 5) is 27.6. The van der Waals surface area contributed by atoms with E-state index in [1.54, 1.807) is 24.1 Å². The van der Waals surface area contributed by atoms with E-state index in [4.69, 9.17) is 11.6 Å². The van der Waals surface area contributed by atoms with Crippen LogP contribution in [0, 0.1) is 0 Å². The quantitative estimate of drug-likeness (QED) is 0.838. The molecular formula is C15H20ClN3O2. The van der Waals surface area contributed by atoms with Crippen LogP contribution in [0.1, 0.15) is 18.5 Å². The summed E-state index contributed by atoms with van der Waals surface area (Å²) in [5.41, 5.74) is 0.948. The molecule has 0 radical (unpaired) electrons. The van der Waals surface area contributed by atoms with Crippen LogP contribution in [0.15, 0.2) is 24.3 Å². The fourth-order valence-corrected chi connectivity index (χ4v) is 2.42. The zero-order valence-corrected chi connectivity index (χ0v) is 13.1. The lowest BCUT2D eigenvalue weighted by atomic mass is 10.1. The first-order chi connectivity index (χ1) is 10.0. The minimum absolute atomic E-state index is 0.179. The SMILES string of the molecule is CC(c1ccc(Cl)cc1)N(C)C(=O)C(=O)N1CCNCC1. The molecule has 114 valence electrons. The molecule has 5 nitrogen and oxygen atoms in total. The molecule has 21 heavy (non-hydrogen) atoms. The Balaban J connectivity index is 2.03. The van der Waals surface area contributed by atoms with Gasteiger partial charge in [-0.05, 0) is 24.6 Å². The van der Waals surface area contributed by atoms with Crippen LogP contribution in [0.3, 0.4) is 0 Å². The number of amides is 2. The number of rotatable bonds is 2. The summed E-state index contributed by atoms with van der Waals surface area (Å²) in [6, 6.07) is 7.12. The zero-order chi connectivity index (χ0) is 15.4. The van der Waals surface area contributed by atoms with Crippen LogP contribution in [0.25, 0.3) is 0 Å². The Morgan fingerprint density at radius 1 is 1.24 bits per heavy atom. The van der Waals surface area contributed by atoms with Crippen molar-refractivity contribution in [2.45, 2.75) is 13.0 Å². The van der Waals surface area contributed by atoms with Crippen molar-refractivity contribution < 1.29 is 9.59 Å². The zero-order valence-electron chi connectivity index (χ0n) is 12.3. The topological polar surface area (TPSA) is 52.7 Å². The predicted molar refractivity (Wildman–Crippen MR) is 82.1 cm³/mol. The Hall–Kier alpha value is -1.59. The van der Waals surface area contributed by atoms with Crippen molar-refractivity contribution in [1.29, 1.82) is 0 Å². The molecule has 2 rings (SSSR count). The maximum atomic E-state index is 12.3. The minimum Gasteiger partial charge on any atom is -0.332 e. The number of nitrogens with one attached hydrogen (secondary N) is 1. The number of hydrogen-bond donors (Lipinski definition) is 1. The van der Waals surface area contributed by atoms with Gasteiger partial charge in [0.2, 0.25) is 0 Å². The molecule has 1 unspecified atom stereocenters. The van der Waals surface area contributed by atoms with Crippen molar-refractivity contribution in [3.63, 3.8) is 0 Å². The van der Waals surface area contributed by atoms with Crippen molar-refractivity contribution in [3.8, 4) is 0 Å². The van der Waals surface area contributed by atoms with E-state index >= 15 is 0 Å². The van der Waals surface area contributed by atoms with Crippen molar-refractivity contribution in [1.82, 2.24) is 15.1 Å². The fourth-order valence-electron chi connectivity index (χ4n) is 2.29. The normalized spacial score (nSPS) is 16.4. The van der Waals surface area contributed by atoms with E-state index in [9.17, 15) is 9.59 Å². The predicted octanol–water partition coefficient (Wildman–Crippen LogP) is 1.29. The maximum Gasteiger partial charge on any atom is 0.312 e. The first kappa shape index (κ1) is 15.8. The van der Waals surface area contributed by atoms with Crippen molar-refractivity contribution in [2.75, 3.05) is 33.2 Å². The van der Waals surface area contributed by atoms with E-state index in [0.717, 1.165) is 18.7 Å².